The molecule has 7 nitrogen and oxygen atoms in total. The van der Waals surface area contributed by atoms with Crippen LogP contribution in [0.1, 0.15) is 30.1 Å². The van der Waals surface area contributed by atoms with Gasteiger partial charge in [0.1, 0.15) is 11.4 Å². The highest BCUT2D eigenvalue weighted by Crippen LogP contribution is 2.29. The molecule has 1 fully saturated rings. The lowest BCUT2D eigenvalue weighted by molar-refractivity contribution is -0.122. The number of ether oxygens (including phenoxy) is 1. The monoisotopic (exact) mass is 292 g/mol. The first-order valence-corrected chi connectivity index (χ1v) is 6.83. The maximum atomic E-state index is 11.9. The summed E-state index contributed by atoms with van der Waals surface area (Å²) in [6.07, 6.45) is 3.04. The predicted molar refractivity (Wildman–Crippen MR) is 78.7 cm³/mol. The van der Waals surface area contributed by atoms with Gasteiger partial charge in [0.2, 0.25) is 5.91 Å². The lowest BCUT2D eigenvalue weighted by atomic mass is 9.92. The number of primary amides is 1. The van der Waals surface area contributed by atoms with Gasteiger partial charge in [-0.15, -0.1) is 0 Å². The fraction of sp³-hybridized carbons (Fsp3) is 0.500. The van der Waals surface area contributed by atoms with Gasteiger partial charge >= 0.3 is 5.97 Å². The zero-order valence-corrected chi connectivity index (χ0v) is 12.2. The Hall–Kier alpha value is -2.31. The number of carbonyl (C=O) groups is 2. The first kappa shape index (κ1) is 15.1. The van der Waals surface area contributed by atoms with Crippen LogP contribution in [0.15, 0.2) is 12.3 Å². The second-order valence-corrected chi connectivity index (χ2v) is 5.31. The summed E-state index contributed by atoms with van der Waals surface area (Å²) in [5.74, 6) is -0.597. The molecule has 2 heterocycles. The summed E-state index contributed by atoms with van der Waals surface area (Å²) in [6.45, 7) is 2.47. The molecule has 0 spiro atoms. The van der Waals surface area contributed by atoms with E-state index >= 15 is 0 Å². The Kier molecular flexibility index (Phi) is 4.30. The van der Waals surface area contributed by atoms with E-state index in [1.54, 1.807) is 0 Å². The van der Waals surface area contributed by atoms with Crippen molar-refractivity contribution in [2.45, 2.75) is 25.8 Å². The molecule has 1 amide bonds. The summed E-state index contributed by atoms with van der Waals surface area (Å²) in [4.78, 5) is 29.5. The van der Waals surface area contributed by atoms with Crippen molar-refractivity contribution in [2.24, 2.45) is 11.7 Å². The molecule has 0 saturated carbocycles. The largest absolute Gasteiger partial charge is 0.465 e. The van der Waals surface area contributed by atoms with Crippen molar-refractivity contribution in [3.05, 3.63) is 17.8 Å². The first-order chi connectivity index (χ1) is 9.93. The van der Waals surface area contributed by atoms with Crippen molar-refractivity contribution < 1.29 is 14.3 Å². The zero-order valence-electron chi connectivity index (χ0n) is 12.2. The first-order valence-electron chi connectivity index (χ1n) is 6.83. The minimum atomic E-state index is -0.502. The Balaban J connectivity index is 2.39. The van der Waals surface area contributed by atoms with E-state index in [-0.39, 0.29) is 17.9 Å². The molecule has 21 heavy (non-hydrogen) atoms. The summed E-state index contributed by atoms with van der Waals surface area (Å²) < 4.78 is 4.78. The van der Waals surface area contributed by atoms with E-state index in [4.69, 9.17) is 16.2 Å². The molecule has 1 aliphatic heterocycles. The Labute approximate surface area is 123 Å². The molecular weight excluding hydrogens is 272 g/mol. The molecule has 2 rings (SSSR count). The number of nitrogens with zero attached hydrogens (tertiary/aromatic N) is 2. The number of hydrogen-bond donors (Lipinski definition) is 2. The smallest absolute Gasteiger partial charge is 0.341 e. The van der Waals surface area contributed by atoms with Crippen molar-refractivity contribution in [3.8, 4) is 0 Å². The number of carbonyl (C=O) groups excluding carboxylic acids is 2. The SMILES string of the molecule is COC(=O)c1cc(N)cnc1N1CC(C(N)=O)CCC1C. The van der Waals surface area contributed by atoms with Crippen LogP contribution in [0.3, 0.4) is 0 Å². The molecule has 4 N–H and O–H groups in total. The van der Waals surface area contributed by atoms with E-state index < -0.39 is 5.97 Å². The number of anilines is 2. The molecule has 0 aromatic carbocycles. The van der Waals surface area contributed by atoms with Crippen molar-refractivity contribution in [1.29, 1.82) is 0 Å². The summed E-state index contributed by atoms with van der Waals surface area (Å²) in [7, 11) is 1.31. The second-order valence-electron chi connectivity index (χ2n) is 5.31. The van der Waals surface area contributed by atoms with Crippen molar-refractivity contribution in [2.75, 3.05) is 24.3 Å². The predicted octanol–water partition coefficient (Wildman–Crippen LogP) is 0.541. The van der Waals surface area contributed by atoms with Crippen molar-refractivity contribution >= 4 is 23.4 Å². The standard InChI is InChI=1S/C14H20N4O3/c1-8-3-4-9(12(16)19)7-18(8)13-11(14(20)21-2)5-10(15)6-17-13/h5-6,8-9H,3-4,7,15H2,1-2H3,(H2,16,19). The van der Waals surface area contributed by atoms with E-state index in [0.717, 1.165) is 12.8 Å². The summed E-state index contributed by atoms with van der Waals surface area (Å²) in [5.41, 5.74) is 11.8. The van der Waals surface area contributed by atoms with Gasteiger partial charge in [0.25, 0.3) is 0 Å². The highest BCUT2D eigenvalue weighted by Gasteiger charge is 2.31. The zero-order chi connectivity index (χ0) is 15.6. The van der Waals surface area contributed by atoms with Crippen LogP contribution >= 0.6 is 0 Å². The average molecular weight is 292 g/mol. The molecule has 1 aliphatic rings. The lowest BCUT2D eigenvalue weighted by Gasteiger charge is -2.38. The summed E-state index contributed by atoms with van der Waals surface area (Å²) >= 11 is 0. The van der Waals surface area contributed by atoms with Crippen LogP contribution in [0.5, 0.6) is 0 Å². The number of hydrogen-bond acceptors (Lipinski definition) is 6. The molecule has 0 bridgehead atoms. The van der Waals surface area contributed by atoms with E-state index in [1.165, 1.54) is 19.4 Å². The number of pyridine rings is 1. The van der Waals surface area contributed by atoms with Gasteiger partial charge in [-0.2, -0.15) is 0 Å². The Morgan fingerprint density at radius 2 is 2.14 bits per heavy atom. The van der Waals surface area contributed by atoms with Gasteiger partial charge < -0.3 is 21.1 Å². The van der Waals surface area contributed by atoms with Gasteiger partial charge in [0.15, 0.2) is 0 Å². The maximum absolute atomic E-state index is 11.9. The highest BCUT2D eigenvalue weighted by atomic mass is 16.5. The minimum absolute atomic E-state index is 0.153. The normalized spacial score (nSPS) is 21.9. The van der Waals surface area contributed by atoms with E-state index in [0.29, 0.717) is 23.6 Å². The highest BCUT2D eigenvalue weighted by molar-refractivity contribution is 5.96. The van der Waals surface area contributed by atoms with Crippen LogP contribution in [0.25, 0.3) is 0 Å². The third kappa shape index (κ3) is 3.07. The Morgan fingerprint density at radius 3 is 2.76 bits per heavy atom. The van der Waals surface area contributed by atoms with Crippen LogP contribution in [0.4, 0.5) is 11.5 Å². The molecular formula is C14H20N4O3. The Morgan fingerprint density at radius 1 is 1.43 bits per heavy atom. The summed E-state index contributed by atoms with van der Waals surface area (Å²) in [6, 6.07) is 1.69. The Bertz CT molecular complexity index is 561. The quantitative estimate of drug-likeness (QED) is 0.786. The lowest BCUT2D eigenvalue weighted by Crippen LogP contribution is -2.46. The number of nitrogen functional groups attached to an aromatic ring is 1. The van der Waals surface area contributed by atoms with Gasteiger partial charge in [-0.05, 0) is 25.8 Å². The maximum Gasteiger partial charge on any atom is 0.341 e. The van der Waals surface area contributed by atoms with Crippen LogP contribution in [-0.4, -0.2) is 36.6 Å². The molecule has 1 saturated heterocycles. The third-order valence-electron chi connectivity index (χ3n) is 3.85. The van der Waals surface area contributed by atoms with Gasteiger partial charge in [0, 0.05) is 12.6 Å². The number of aromatic nitrogens is 1. The summed E-state index contributed by atoms with van der Waals surface area (Å²) in [5, 5.41) is 0. The van der Waals surface area contributed by atoms with Gasteiger partial charge in [-0.3, -0.25) is 4.79 Å². The number of nitrogens with two attached hydrogens (primary N) is 2. The van der Waals surface area contributed by atoms with Crippen molar-refractivity contribution in [1.82, 2.24) is 4.98 Å². The van der Waals surface area contributed by atoms with Gasteiger partial charge in [-0.1, -0.05) is 0 Å². The minimum Gasteiger partial charge on any atom is -0.465 e. The molecule has 2 unspecified atom stereocenters. The van der Waals surface area contributed by atoms with Crippen LogP contribution in [0, 0.1) is 5.92 Å². The van der Waals surface area contributed by atoms with Gasteiger partial charge in [-0.25, -0.2) is 9.78 Å². The fourth-order valence-electron chi connectivity index (χ4n) is 2.60. The molecule has 1 aromatic rings. The molecule has 7 heteroatoms. The molecule has 1 aromatic heterocycles. The molecule has 0 aliphatic carbocycles. The van der Waals surface area contributed by atoms with Crippen LogP contribution in [-0.2, 0) is 9.53 Å². The molecule has 2 atom stereocenters. The number of rotatable bonds is 3. The number of piperidine rings is 1. The topological polar surface area (TPSA) is 112 Å². The molecule has 114 valence electrons. The van der Waals surface area contributed by atoms with E-state index in [2.05, 4.69) is 4.98 Å². The number of methoxy groups -OCH3 is 1. The third-order valence-corrected chi connectivity index (χ3v) is 3.85. The number of amides is 1. The van der Waals surface area contributed by atoms with Crippen molar-refractivity contribution in [3.63, 3.8) is 0 Å². The average Bonchev–Trinajstić information content (AvgIpc) is 2.47. The van der Waals surface area contributed by atoms with Gasteiger partial charge in [0.05, 0.1) is 24.9 Å². The fourth-order valence-corrected chi connectivity index (χ4v) is 2.60. The van der Waals surface area contributed by atoms with Crippen LogP contribution in [0.2, 0.25) is 0 Å². The van der Waals surface area contributed by atoms with E-state index in [1.807, 2.05) is 11.8 Å². The van der Waals surface area contributed by atoms with Crippen LogP contribution < -0.4 is 16.4 Å². The van der Waals surface area contributed by atoms with E-state index in [9.17, 15) is 9.59 Å². The molecule has 0 radical (unpaired) electrons. The number of esters is 1. The second kappa shape index (κ2) is 5.99.